The molecule has 0 spiro atoms. The predicted molar refractivity (Wildman–Crippen MR) is 186 cm³/mol. The molecule has 0 fully saturated rings. The van der Waals surface area contributed by atoms with E-state index in [0.29, 0.717) is 13.2 Å². The topological polar surface area (TPSA) is 52.6 Å². The van der Waals surface area contributed by atoms with Gasteiger partial charge in [0, 0.05) is 5.57 Å². The van der Waals surface area contributed by atoms with E-state index in [0.717, 1.165) is 25.7 Å². The van der Waals surface area contributed by atoms with Gasteiger partial charge in [-0.1, -0.05) is 200 Å². The lowest BCUT2D eigenvalue weighted by Gasteiger charge is -2.08. The number of carbonyl (C=O) groups is 2. The van der Waals surface area contributed by atoms with Gasteiger partial charge < -0.3 is 9.47 Å². The Morgan fingerprint density at radius 3 is 0.953 bits per heavy atom. The molecule has 0 aliphatic rings. The number of rotatable bonds is 35. The van der Waals surface area contributed by atoms with Gasteiger partial charge in [-0.05, 0) is 12.8 Å². The molecule has 0 N–H and O–H groups in total. The maximum Gasteiger partial charge on any atom is 0.333 e. The van der Waals surface area contributed by atoms with E-state index in [2.05, 4.69) is 20.4 Å². The molecule has 0 rings (SSSR count). The molecule has 0 aromatic heterocycles. The SMILES string of the molecule is C=C(CC(=O)OCCCCCCCCCCCCCCCCC)C(=O)OCCCCCCCCCCCCCCCCC. The van der Waals surface area contributed by atoms with Crippen LogP contribution in [0, 0.1) is 0 Å². The zero-order valence-electron chi connectivity index (χ0n) is 29.2. The molecular weight excluding hydrogens is 532 g/mol. The molecule has 0 saturated heterocycles. The van der Waals surface area contributed by atoms with Crippen LogP contribution in [0.25, 0.3) is 0 Å². The second-order valence-corrected chi connectivity index (χ2v) is 13.0. The molecule has 0 radical (unpaired) electrons. The Balaban J connectivity index is 3.39. The minimum absolute atomic E-state index is 0.0730. The third-order valence-electron chi connectivity index (χ3n) is 8.64. The van der Waals surface area contributed by atoms with Crippen molar-refractivity contribution < 1.29 is 19.1 Å². The number of hydrogen-bond donors (Lipinski definition) is 0. The maximum absolute atomic E-state index is 12.1. The van der Waals surface area contributed by atoms with Crippen LogP contribution in [0.3, 0.4) is 0 Å². The summed E-state index contributed by atoms with van der Waals surface area (Å²) in [6.45, 7) is 9.12. The lowest BCUT2D eigenvalue weighted by molar-refractivity contribution is -0.146. The Morgan fingerprint density at radius 1 is 0.395 bits per heavy atom. The summed E-state index contributed by atoms with van der Waals surface area (Å²) < 4.78 is 10.6. The summed E-state index contributed by atoms with van der Waals surface area (Å²) in [6.07, 6.45) is 39.3. The quantitative estimate of drug-likeness (QED) is 0.0409. The van der Waals surface area contributed by atoms with Crippen LogP contribution in [-0.4, -0.2) is 25.2 Å². The average molecular weight is 607 g/mol. The van der Waals surface area contributed by atoms with Crippen molar-refractivity contribution in [3.63, 3.8) is 0 Å². The smallest absolute Gasteiger partial charge is 0.333 e. The molecule has 0 aliphatic heterocycles. The second kappa shape index (κ2) is 35.2. The second-order valence-electron chi connectivity index (χ2n) is 13.0. The van der Waals surface area contributed by atoms with E-state index in [-0.39, 0.29) is 18.0 Å². The molecule has 43 heavy (non-hydrogen) atoms. The van der Waals surface area contributed by atoms with E-state index < -0.39 is 5.97 Å². The Kier molecular flexibility index (Phi) is 34.1. The van der Waals surface area contributed by atoms with Crippen molar-refractivity contribution in [1.82, 2.24) is 0 Å². The highest BCUT2D eigenvalue weighted by Gasteiger charge is 2.14. The Morgan fingerprint density at radius 2 is 0.651 bits per heavy atom. The van der Waals surface area contributed by atoms with Gasteiger partial charge in [0.15, 0.2) is 0 Å². The van der Waals surface area contributed by atoms with Crippen molar-refractivity contribution in [3.05, 3.63) is 12.2 Å². The number of esters is 2. The van der Waals surface area contributed by atoms with Gasteiger partial charge in [-0.25, -0.2) is 4.79 Å². The van der Waals surface area contributed by atoms with E-state index in [9.17, 15) is 9.59 Å². The number of ether oxygens (including phenoxy) is 2. The molecule has 0 heterocycles. The van der Waals surface area contributed by atoms with Crippen LogP contribution in [0.4, 0.5) is 0 Å². The van der Waals surface area contributed by atoms with Crippen LogP contribution in [0.15, 0.2) is 12.2 Å². The zero-order valence-corrected chi connectivity index (χ0v) is 29.2. The first-order valence-corrected chi connectivity index (χ1v) is 19.1. The first-order chi connectivity index (χ1) is 21.1. The van der Waals surface area contributed by atoms with Crippen molar-refractivity contribution in [2.24, 2.45) is 0 Å². The summed E-state index contributed by atoms with van der Waals surface area (Å²) in [5.74, 6) is -0.839. The van der Waals surface area contributed by atoms with Crippen LogP contribution < -0.4 is 0 Å². The lowest BCUT2D eigenvalue weighted by Crippen LogP contribution is -2.14. The molecule has 0 bridgehead atoms. The van der Waals surface area contributed by atoms with Gasteiger partial charge in [-0.2, -0.15) is 0 Å². The summed E-state index contributed by atoms with van der Waals surface area (Å²) in [5.41, 5.74) is 0.197. The molecule has 4 nitrogen and oxygen atoms in total. The molecule has 0 aromatic rings. The fourth-order valence-electron chi connectivity index (χ4n) is 5.70. The molecule has 0 unspecified atom stereocenters. The average Bonchev–Trinajstić information content (AvgIpc) is 3.00. The monoisotopic (exact) mass is 607 g/mol. The largest absolute Gasteiger partial charge is 0.465 e. The third-order valence-corrected chi connectivity index (χ3v) is 8.64. The zero-order chi connectivity index (χ0) is 31.5. The van der Waals surface area contributed by atoms with E-state index >= 15 is 0 Å². The van der Waals surface area contributed by atoms with Crippen molar-refractivity contribution in [1.29, 1.82) is 0 Å². The Bertz CT molecular complexity index is 614. The molecule has 0 atom stereocenters. The molecule has 254 valence electrons. The number of unbranched alkanes of at least 4 members (excludes halogenated alkanes) is 28. The molecular formula is C39H74O4. The van der Waals surface area contributed by atoms with E-state index in [1.165, 1.54) is 167 Å². The molecule has 4 heteroatoms. The van der Waals surface area contributed by atoms with Crippen molar-refractivity contribution in [3.8, 4) is 0 Å². The first kappa shape index (κ1) is 41.7. The van der Waals surface area contributed by atoms with E-state index in [4.69, 9.17) is 9.47 Å². The van der Waals surface area contributed by atoms with Crippen LogP contribution in [0.5, 0.6) is 0 Å². The summed E-state index contributed by atoms with van der Waals surface area (Å²) in [6, 6.07) is 0. The minimum Gasteiger partial charge on any atom is -0.465 e. The predicted octanol–water partition coefficient (Wildman–Crippen LogP) is 12.8. The number of hydrogen-bond acceptors (Lipinski definition) is 4. The first-order valence-electron chi connectivity index (χ1n) is 19.1. The maximum atomic E-state index is 12.1. The van der Waals surface area contributed by atoms with Gasteiger partial charge in [0.2, 0.25) is 0 Å². The van der Waals surface area contributed by atoms with Crippen LogP contribution >= 0.6 is 0 Å². The normalized spacial score (nSPS) is 11.1. The van der Waals surface area contributed by atoms with Crippen molar-refractivity contribution in [2.75, 3.05) is 13.2 Å². The molecule has 0 aromatic carbocycles. The molecule has 0 amide bonds. The highest BCUT2D eigenvalue weighted by molar-refractivity contribution is 5.93. The van der Waals surface area contributed by atoms with Crippen molar-refractivity contribution >= 4 is 11.9 Å². The highest BCUT2D eigenvalue weighted by atomic mass is 16.5. The molecule has 0 saturated carbocycles. The minimum atomic E-state index is -0.464. The summed E-state index contributed by atoms with van der Waals surface area (Å²) in [4.78, 5) is 24.2. The van der Waals surface area contributed by atoms with Gasteiger partial charge >= 0.3 is 11.9 Å². The van der Waals surface area contributed by atoms with Crippen molar-refractivity contribution in [2.45, 2.75) is 213 Å². The Hall–Kier alpha value is -1.32. The van der Waals surface area contributed by atoms with Crippen LogP contribution in [-0.2, 0) is 19.1 Å². The van der Waals surface area contributed by atoms with E-state index in [1.54, 1.807) is 0 Å². The van der Waals surface area contributed by atoms with Gasteiger partial charge in [-0.15, -0.1) is 0 Å². The third kappa shape index (κ3) is 33.4. The Labute approximate surface area is 268 Å². The van der Waals surface area contributed by atoms with Gasteiger partial charge in [-0.3, -0.25) is 4.79 Å². The molecule has 0 aliphatic carbocycles. The van der Waals surface area contributed by atoms with Gasteiger partial charge in [0.05, 0.1) is 19.6 Å². The van der Waals surface area contributed by atoms with Crippen LogP contribution in [0.1, 0.15) is 213 Å². The van der Waals surface area contributed by atoms with Gasteiger partial charge in [0.1, 0.15) is 0 Å². The van der Waals surface area contributed by atoms with E-state index in [1.807, 2.05) is 0 Å². The standard InChI is InChI=1S/C39H74O4/c1-4-6-8-10-12-14-16-18-20-22-24-26-28-30-32-34-42-38(40)36-37(3)39(41)43-35-33-31-29-27-25-23-21-19-17-15-13-11-9-7-5-2/h3-36H2,1-2H3. The highest BCUT2D eigenvalue weighted by Crippen LogP contribution is 2.15. The fourth-order valence-corrected chi connectivity index (χ4v) is 5.70. The number of carbonyl (C=O) groups excluding carboxylic acids is 2. The lowest BCUT2D eigenvalue weighted by atomic mass is 10.0. The summed E-state index contributed by atoms with van der Waals surface area (Å²) in [5, 5.41) is 0. The van der Waals surface area contributed by atoms with Crippen LogP contribution in [0.2, 0.25) is 0 Å². The van der Waals surface area contributed by atoms with Gasteiger partial charge in [0.25, 0.3) is 0 Å². The fraction of sp³-hybridized carbons (Fsp3) is 0.897. The summed E-state index contributed by atoms with van der Waals surface area (Å²) in [7, 11) is 0. The summed E-state index contributed by atoms with van der Waals surface area (Å²) >= 11 is 0.